The molecule has 2 N–H and O–H groups in total. The largest absolute Gasteiger partial charge is 0.379 e. The number of carbonyl (C=O) groups excluding carboxylic acids is 1. The maximum atomic E-state index is 12.2. The van der Waals surface area contributed by atoms with Crippen LogP contribution in [0.2, 0.25) is 0 Å². The summed E-state index contributed by atoms with van der Waals surface area (Å²) in [6, 6.07) is 0.498. The molecule has 19 heavy (non-hydrogen) atoms. The summed E-state index contributed by atoms with van der Waals surface area (Å²) in [6.07, 6.45) is 1.57. The first-order chi connectivity index (χ1) is 9.08. The minimum absolute atomic E-state index is 0.0186. The van der Waals surface area contributed by atoms with Crippen molar-refractivity contribution < 1.29 is 9.53 Å². The highest BCUT2D eigenvalue weighted by Gasteiger charge is 2.31. The topological polar surface area (TPSA) is 58.8 Å². The highest BCUT2D eigenvalue weighted by atomic mass is 16.5. The predicted molar refractivity (Wildman–Crippen MR) is 74.8 cm³/mol. The Kier molecular flexibility index (Phi) is 5.19. The van der Waals surface area contributed by atoms with Crippen LogP contribution in [-0.2, 0) is 9.53 Å². The van der Waals surface area contributed by atoms with Gasteiger partial charge >= 0.3 is 0 Å². The highest BCUT2D eigenvalue weighted by Crippen LogP contribution is 2.18. The summed E-state index contributed by atoms with van der Waals surface area (Å²) in [6.45, 7) is 9.52. The first-order valence-electron chi connectivity index (χ1n) is 7.43. The number of ether oxygens (including phenoxy) is 1. The number of hydrogen-bond acceptors (Lipinski definition) is 4. The third kappa shape index (κ3) is 3.91. The molecule has 0 spiro atoms. The number of morpholine rings is 1. The molecular weight excluding hydrogens is 242 g/mol. The van der Waals surface area contributed by atoms with Gasteiger partial charge in [0.25, 0.3) is 0 Å². The van der Waals surface area contributed by atoms with Crippen LogP contribution in [0.3, 0.4) is 0 Å². The van der Waals surface area contributed by atoms with Gasteiger partial charge in [-0.1, -0.05) is 13.8 Å². The molecule has 2 rings (SSSR count). The van der Waals surface area contributed by atoms with Crippen molar-refractivity contribution in [3.8, 4) is 0 Å². The van der Waals surface area contributed by atoms with Gasteiger partial charge in [0.2, 0.25) is 5.91 Å². The van der Waals surface area contributed by atoms with Crippen LogP contribution in [0.5, 0.6) is 0 Å². The minimum Gasteiger partial charge on any atom is -0.379 e. The van der Waals surface area contributed by atoms with Crippen LogP contribution in [-0.4, -0.2) is 67.2 Å². The van der Waals surface area contributed by atoms with E-state index in [-0.39, 0.29) is 11.9 Å². The molecule has 1 amide bonds. The van der Waals surface area contributed by atoms with Crippen molar-refractivity contribution in [1.82, 2.24) is 9.80 Å². The van der Waals surface area contributed by atoms with E-state index < -0.39 is 0 Å². The molecular formula is C14H27N3O2. The summed E-state index contributed by atoms with van der Waals surface area (Å²) in [5, 5.41) is 0. The van der Waals surface area contributed by atoms with E-state index in [9.17, 15) is 4.79 Å². The van der Waals surface area contributed by atoms with E-state index in [1.54, 1.807) is 0 Å². The molecule has 2 aliphatic rings. The van der Waals surface area contributed by atoms with Crippen molar-refractivity contribution in [2.24, 2.45) is 11.7 Å². The number of amides is 1. The number of nitrogens with two attached hydrogens (primary N) is 1. The normalized spacial score (nSPS) is 26.9. The number of carbonyl (C=O) groups is 1. The molecule has 2 saturated heterocycles. The summed E-state index contributed by atoms with van der Waals surface area (Å²) in [5.41, 5.74) is 5.99. The Morgan fingerprint density at radius 3 is 2.63 bits per heavy atom. The van der Waals surface area contributed by atoms with E-state index in [0.717, 1.165) is 45.8 Å². The van der Waals surface area contributed by atoms with Crippen molar-refractivity contribution >= 4 is 5.91 Å². The van der Waals surface area contributed by atoms with Gasteiger partial charge in [0.1, 0.15) is 0 Å². The molecule has 2 fully saturated rings. The Hall–Kier alpha value is -0.650. The average Bonchev–Trinajstić information content (AvgIpc) is 2.89. The van der Waals surface area contributed by atoms with Crippen molar-refractivity contribution in [2.45, 2.75) is 38.8 Å². The van der Waals surface area contributed by atoms with Gasteiger partial charge in [0.15, 0.2) is 0 Å². The zero-order valence-corrected chi connectivity index (χ0v) is 12.2. The Labute approximate surface area is 116 Å². The fourth-order valence-corrected chi connectivity index (χ4v) is 2.78. The van der Waals surface area contributed by atoms with Crippen LogP contribution < -0.4 is 5.73 Å². The summed E-state index contributed by atoms with van der Waals surface area (Å²) < 4.78 is 5.37. The molecule has 0 aromatic carbocycles. The van der Waals surface area contributed by atoms with Crippen molar-refractivity contribution in [3.63, 3.8) is 0 Å². The third-order valence-corrected chi connectivity index (χ3v) is 4.34. The van der Waals surface area contributed by atoms with Gasteiger partial charge in [-0.3, -0.25) is 9.69 Å². The standard InChI is InChI=1S/C14H27N3O2/c1-11(2)13(15)9-14(18)17-4-3-12(10-17)16-5-7-19-8-6-16/h11-13H,3-10,15H2,1-2H3. The smallest absolute Gasteiger partial charge is 0.224 e. The molecule has 2 unspecified atom stereocenters. The fraction of sp³-hybridized carbons (Fsp3) is 0.929. The third-order valence-electron chi connectivity index (χ3n) is 4.34. The van der Waals surface area contributed by atoms with Crippen molar-refractivity contribution in [1.29, 1.82) is 0 Å². The maximum absolute atomic E-state index is 12.2. The summed E-state index contributed by atoms with van der Waals surface area (Å²) >= 11 is 0. The van der Waals surface area contributed by atoms with Crippen LogP contribution in [0.1, 0.15) is 26.7 Å². The van der Waals surface area contributed by atoms with Crippen LogP contribution in [0, 0.1) is 5.92 Å². The summed E-state index contributed by atoms with van der Waals surface area (Å²) in [7, 11) is 0. The van der Waals surface area contributed by atoms with Gasteiger partial charge in [-0.2, -0.15) is 0 Å². The van der Waals surface area contributed by atoms with E-state index in [1.807, 2.05) is 4.90 Å². The SMILES string of the molecule is CC(C)C(N)CC(=O)N1CCC(N2CCOCC2)C1. The van der Waals surface area contributed by atoms with E-state index >= 15 is 0 Å². The lowest BCUT2D eigenvalue weighted by molar-refractivity contribution is -0.131. The molecule has 5 heteroatoms. The van der Waals surface area contributed by atoms with Crippen LogP contribution in [0.25, 0.3) is 0 Å². The fourth-order valence-electron chi connectivity index (χ4n) is 2.78. The van der Waals surface area contributed by atoms with Crippen molar-refractivity contribution in [2.75, 3.05) is 39.4 Å². The second-order valence-electron chi connectivity index (χ2n) is 6.04. The van der Waals surface area contributed by atoms with Crippen LogP contribution >= 0.6 is 0 Å². The highest BCUT2D eigenvalue weighted by molar-refractivity contribution is 5.77. The minimum atomic E-state index is -0.0186. The zero-order chi connectivity index (χ0) is 13.8. The molecule has 2 aliphatic heterocycles. The average molecular weight is 269 g/mol. The quantitative estimate of drug-likeness (QED) is 0.797. The Morgan fingerprint density at radius 2 is 2.00 bits per heavy atom. The lowest BCUT2D eigenvalue weighted by Crippen LogP contribution is -2.45. The number of hydrogen-bond donors (Lipinski definition) is 1. The van der Waals surface area contributed by atoms with Crippen molar-refractivity contribution in [3.05, 3.63) is 0 Å². The summed E-state index contributed by atoms with van der Waals surface area (Å²) in [4.78, 5) is 16.6. The molecule has 0 bridgehead atoms. The molecule has 0 aromatic heterocycles. The maximum Gasteiger partial charge on any atom is 0.224 e. The van der Waals surface area contributed by atoms with Gasteiger partial charge < -0.3 is 15.4 Å². The molecule has 0 aromatic rings. The van der Waals surface area contributed by atoms with Gasteiger partial charge in [0, 0.05) is 44.7 Å². The number of likely N-dealkylation sites (tertiary alicyclic amines) is 1. The van der Waals surface area contributed by atoms with E-state index in [1.165, 1.54) is 0 Å². The number of nitrogens with zero attached hydrogens (tertiary/aromatic N) is 2. The molecule has 2 atom stereocenters. The lowest BCUT2D eigenvalue weighted by Gasteiger charge is -2.32. The van der Waals surface area contributed by atoms with E-state index in [0.29, 0.717) is 18.4 Å². The first kappa shape index (κ1) is 14.8. The van der Waals surface area contributed by atoms with Gasteiger partial charge in [0.05, 0.1) is 13.2 Å². The lowest BCUT2D eigenvalue weighted by atomic mass is 10.0. The molecule has 2 heterocycles. The molecule has 0 radical (unpaired) electrons. The van der Waals surface area contributed by atoms with E-state index in [4.69, 9.17) is 10.5 Å². The molecule has 0 aliphatic carbocycles. The Bertz CT molecular complexity index is 303. The van der Waals surface area contributed by atoms with Crippen LogP contribution in [0.15, 0.2) is 0 Å². The Morgan fingerprint density at radius 1 is 1.32 bits per heavy atom. The number of rotatable bonds is 4. The second kappa shape index (κ2) is 6.68. The second-order valence-corrected chi connectivity index (χ2v) is 6.04. The van der Waals surface area contributed by atoms with Gasteiger partial charge in [-0.05, 0) is 12.3 Å². The molecule has 5 nitrogen and oxygen atoms in total. The molecule has 110 valence electrons. The predicted octanol–water partition coefficient (Wildman–Crippen LogP) is 0.293. The monoisotopic (exact) mass is 269 g/mol. The van der Waals surface area contributed by atoms with Crippen LogP contribution in [0.4, 0.5) is 0 Å². The first-order valence-corrected chi connectivity index (χ1v) is 7.43. The van der Waals surface area contributed by atoms with Gasteiger partial charge in [-0.15, -0.1) is 0 Å². The zero-order valence-electron chi connectivity index (χ0n) is 12.2. The Balaban J connectivity index is 1.79. The molecule has 0 saturated carbocycles. The summed E-state index contributed by atoms with van der Waals surface area (Å²) in [5.74, 6) is 0.582. The van der Waals surface area contributed by atoms with E-state index in [2.05, 4.69) is 18.7 Å². The van der Waals surface area contributed by atoms with Gasteiger partial charge in [-0.25, -0.2) is 0 Å².